The van der Waals surface area contributed by atoms with Gasteiger partial charge in [-0.05, 0) is 6.07 Å². The van der Waals surface area contributed by atoms with Crippen molar-refractivity contribution in [3.8, 4) is 17.2 Å². The van der Waals surface area contributed by atoms with E-state index in [-0.39, 0.29) is 12.2 Å². The van der Waals surface area contributed by atoms with Crippen LogP contribution >= 0.6 is 7.26 Å². The first-order chi connectivity index (χ1) is 26.6. The number of Topliss-reactive ketones (excluding diaryl/α,β-unsaturated/α-hetero) is 1. The molecule has 9 rings (SSSR count). The standard InChI is InChI=1S/C49H41O4P/c50-44-35-46(51-47-43(44)32-33-45-48(47)53-49(52-45,38-18-6-1-7-19-38)39-20-8-2-9-21-39)37-30-28-36(29-31-37)17-16-34-54(40-22-10-3-11-23-40,41-24-12-4-13-25-41)42-26-14-5-15-27-42/h1-15,18-33,46,54H,16-17,34-35H2. The number of ketones is 1. The third-order valence-corrected chi connectivity index (χ3v) is 16.0. The van der Waals surface area contributed by atoms with Gasteiger partial charge in [-0.1, -0.05) is 60.7 Å². The Morgan fingerprint density at radius 3 is 1.56 bits per heavy atom. The normalized spacial score (nSPS) is 15.9. The number of aryl methyl sites for hydroxylation is 1. The summed E-state index contributed by atoms with van der Waals surface area (Å²) in [5.41, 5.74) is 4.46. The van der Waals surface area contributed by atoms with Crippen LogP contribution in [0.25, 0.3) is 0 Å². The van der Waals surface area contributed by atoms with Gasteiger partial charge < -0.3 is 4.74 Å². The quantitative estimate of drug-likeness (QED) is 0.132. The van der Waals surface area contributed by atoms with E-state index in [1.165, 1.54) is 21.5 Å². The van der Waals surface area contributed by atoms with Gasteiger partial charge in [-0.25, -0.2) is 0 Å². The number of carbonyl (C=O) groups is 1. The summed E-state index contributed by atoms with van der Waals surface area (Å²) in [5, 5.41) is 4.30. The monoisotopic (exact) mass is 724 g/mol. The molecule has 0 N–H and O–H groups in total. The van der Waals surface area contributed by atoms with E-state index in [4.69, 9.17) is 14.2 Å². The number of hydrogen-bond donors (Lipinski definition) is 0. The molecule has 1 atom stereocenters. The first-order valence-electron chi connectivity index (χ1n) is 18.8. The molecule has 54 heavy (non-hydrogen) atoms. The van der Waals surface area contributed by atoms with Crippen LogP contribution < -0.4 is 30.1 Å². The van der Waals surface area contributed by atoms with Gasteiger partial charge in [0.25, 0.3) is 0 Å². The first-order valence-corrected chi connectivity index (χ1v) is 21.0. The number of carbonyl (C=O) groups excluding carboxylic acids is 1. The molecule has 1 unspecified atom stereocenters. The number of fused-ring (bicyclic) bond motifs is 3. The Morgan fingerprint density at radius 1 is 0.537 bits per heavy atom. The second-order valence-electron chi connectivity index (χ2n) is 14.2. The van der Waals surface area contributed by atoms with E-state index < -0.39 is 19.2 Å². The summed E-state index contributed by atoms with van der Waals surface area (Å²) in [6.45, 7) is 0. The maximum atomic E-state index is 13.7. The first kappa shape index (κ1) is 33.8. The van der Waals surface area contributed by atoms with Gasteiger partial charge in [0.1, 0.15) is 0 Å². The van der Waals surface area contributed by atoms with Crippen LogP contribution in [0.1, 0.15) is 51.6 Å². The zero-order valence-corrected chi connectivity index (χ0v) is 30.9. The van der Waals surface area contributed by atoms with Crippen molar-refractivity contribution in [3.63, 3.8) is 0 Å². The topological polar surface area (TPSA) is 44.8 Å². The van der Waals surface area contributed by atoms with E-state index in [0.29, 0.717) is 22.8 Å². The Morgan fingerprint density at radius 2 is 1.04 bits per heavy atom. The van der Waals surface area contributed by atoms with E-state index >= 15 is 0 Å². The summed E-state index contributed by atoms with van der Waals surface area (Å²) in [4.78, 5) is 13.7. The van der Waals surface area contributed by atoms with Gasteiger partial charge in [-0.15, -0.1) is 0 Å². The van der Waals surface area contributed by atoms with Crippen LogP contribution in [0.5, 0.6) is 17.2 Å². The molecule has 4 nitrogen and oxygen atoms in total. The molecule has 0 spiro atoms. The molecular formula is C49H41O4P. The molecule has 5 heteroatoms. The Balaban J connectivity index is 0.964. The van der Waals surface area contributed by atoms with Crippen LogP contribution in [0.15, 0.2) is 188 Å². The minimum Gasteiger partial charge on any atom is -0.440 e. The Kier molecular flexibility index (Phi) is 9.06. The van der Waals surface area contributed by atoms with E-state index in [1.807, 2.05) is 66.7 Å². The zero-order valence-electron chi connectivity index (χ0n) is 29.9. The molecule has 0 radical (unpaired) electrons. The molecular weight excluding hydrogens is 684 g/mol. The van der Waals surface area contributed by atoms with Crippen LogP contribution in [0.3, 0.4) is 0 Å². The molecule has 2 aliphatic heterocycles. The molecule has 0 bridgehead atoms. The van der Waals surface area contributed by atoms with Gasteiger partial charge in [0.2, 0.25) is 0 Å². The van der Waals surface area contributed by atoms with Crippen molar-refractivity contribution in [1.29, 1.82) is 0 Å². The minimum absolute atomic E-state index is 0.0256. The van der Waals surface area contributed by atoms with Crippen LogP contribution in [-0.4, -0.2) is 11.9 Å². The zero-order chi connectivity index (χ0) is 36.4. The molecule has 7 aromatic rings. The van der Waals surface area contributed by atoms with E-state index in [9.17, 15) is 4.79 Å². The molecule has 2 heterocycles. The smallest absolute Gasteiger partial charge is 0.440 e. The molecule has 0 amide bonds. The van der Waals surface area contributed by atoms with E-state index in [1.54, 1.807) is 6.07 Å². The number of benzene rings is 7. The van der Waals surface area contributed by atoms with Crippen molar-refractivity contribution in [1.82, 2.24) is 0 Å². The van der Waals surface area contributed by atoms with E-state index in [2.05, 4.69) is 115 Å². The van der Waals surface area contributed by atoms with Gasteiger partial charge >= 0.3 is 236 Å². The molecule has 0 aliphatic carbocycles. The fourth-order valence-electron chi connectivity index (χ4n) is 8.30. The van der Waals surface area contributed by atoms with Crippen LogP contribution in [0.2, 0.25) is 0 Å². The van der Waals surface area contributed by atoms with Crippen molar-refractivity contribution in [2.45, 2.75) is 31.2 Å². The molecule has 0 fully saturated rings. The molecule has 2 aliphatic rings. The van der Waals surface area contributed by atoms with Gasteiger partial charge in [0, 0.05) is 11.1 Å². The summed E-state index contributed by atoms with van der Waals surface area (Å²) >= 11 is 0. The number of rotatable bonds is 10. The van der Waals surface area contributed by atoms with Crippen molar-refractivity contribution >= 4 is 29.0 Å². The average Bonchev–Trinajstić information content (AvgIpc) is 3.66. The molecule has 0 aromatic heterocycles. The molecule has 0 saturated heterocycles. The SMILES string of the molecule is O=C1CC(c2ccc(CCC[PH](c3ccccc3)(c3ccccc3)c3ccccc3)cc2)Oc2c1ccc1c2OC(c2ccccc2)(c2ccccc2)O1. The fourth-order valence-corrected chi connectivity index (χ4v) is 13.2. The summed E-state index contributed by atoms with van der Waals surface area (Å²) in [7, 11) is -2.30. The van der Waals surface area contributed by atoms with Crippen molar-refractivity contribution < 1.29 is 19.0 Å². The Bertz CT molecular complexity index is 2230. The summed E-state index contributed by atoms with van der Waals surface area (Å²) in [6.07, 6.45) is 2.91. The average molecular weight is 725 g/mol. The predicted octanol–water partition coefficient (Wildman–Crippen LogP) is 9.72. The van der Waals surface area contributed by atoms with Crippen molar-refractivity contribution in [2.24, 2.45) is 0 Å². The van der Waals surface area contributed by atoms with E-state index in [0.717, 1.165) is 35.7 Å². The molecule has 0 saturated carbocycles. The molecule has 266 valence electrons. The second kappa shape index (κ2) is 14.5. The van der Waals surface area contributed by atoms with Gasteiger partial charge in [0.05, 0.1) is 0 Å². The van der Waals surface area contributed by atoms with Crippen molar-refractivity contribution in [3.05, 3.63) is 216 Å². The van der Waals surface area contributed by atoms with Gasteiger partial charge in [-0.2, -0.15) is 0 Å². The van der Waals surface area contributed by atoms with Gasteiger partial charge in [0.15, 0.2) is 0 Å². The predicted molar refractivity (Wildman–Crippen MR) is 220 cm³/mol. The van der Waals surface area contributed by atoms with Crippen LogP contribution in [0.4, 0.5) is 0 Å². The second-order valence-corrected chi connectivity index (χ2v) is 18.2. The van der Waals surface area contributed by atoms with Crippen LogP contribution in [0, 0.1) is 0 Å². The van der Waals surface area contributed by atoms with Crippen LogP contribution in [-0.2, 0) is 12.2 Å². The molecule has 7 aromatic carbocycles. The summed E-state index contributed by atoms with van der Waals surface area (Å²) < 4.78 is 20.1. The minimum atomic E-state index is -2.30. The third kappa shape index (κ3) is 6.07. The number of ether oxygens (including phenoxy) is 3. The fraction of sp³-hybridized carbons (Fsp3) is 0.122. The third-order valence-electron chi connectivity index (χ3n) is 11.0. The maximum absolute atomic E-state index is 13.7. The number of hydrogen-bond acceptors (Lipinski definition) is 4. The Labute approximate surface area is 317 Å². The van der Waals surface area contributed by atoms with Crippen molar-refractivity contribution in [2.75, 3.05) is 6.16 Å². The summed E-state index contributed by atoms with van der Waals surface area (Å²) in [6, 6.07) is 65.4. The van der Waals surface area contributed by atoms with Gasteiger partial charge in [-0.3, -0.25) is 0 Å². The summed E-state index contributed by atoms with van der Waals surface area (Å²) in [5.74, 6) is 0.264. The Hall–Kier alpha value is -5.96.